The van der Waals surface area contributed by atoms with Crippen LogP contribution in [0.1, 0.15) is 10.6 Å². The zero-order valence-corrected chi connectivity index (χ0v) is 11.4. The van der Waals surface area contributed by atoms with Crippen LogP contribution >= 0.6 is 22.9 Å². The summed E-state index contributed by atoms with van der Waals surface area (Å²) in [4.78, 5) is 4.57. The van der Waals surface area contributed by atoms with Gasteiger partial charge in [0.2, 0.25) is 0 Å². The average Bonchev–Trinajstić information content (AvgIpc) is 2.78. The molecule has 0 aliphatic carbocycles. The summed E-state index contributed by atoms with van der Waals surface area (Å²) in [5.41, 5.74) is 3.22. The van der Waals surface area contributed by atoms with E-state index >= 15 is 0 Å². The predicted molar refractivity (Wildman–Crippen MR) is 73.3 cm³/mol. The lowest BCUT2D eigenvalue weighted by Crippen LogP contribution is -1.90. The number of methoxy groups -OCH3 is 1. The molecule has 0 atom stereocenters. The van der Waals surface area contributed by atoms with E-state index in [-0.39, 0.29) is 0 Å². The molecule has 1 aromatic carbocycles. The Morgan fingerprint density at radius 3 is 2.94 bits per heavy atom. The zero-order valence-electron chi connectivity index (χ0n) is 9.87. The van der Waals surface area contributed by atoms with Crippen LogP contribution in [0.4, 0.5) is 0 Å². The lowest BCUT2D eigenvalue weighted by molar-refractivity contribution is 0.416. The van der Waals surface area contributed by atoms with Crippen molar-refractivity contribution >= 4 is 22.9 Å². The van der Waals surface area contributed by atoms with Gasteiger partial charge in [0.05, 0.1) is 17.8 Å². The van der Waals surface area contributed by atoms with Crippen molar-refractivity contribution in [2.24, 2.45) is 0 Å². The van der Waals surface area contributed by atoms with Gasteiger partial charge in [-0.1, -0.05) is 11.6 Å². The number of thiazole rings is 1. The third kappa shape index (κ3) is 2.79. The first-order chi connectivity index (χ1) is 8.24. The molecule has 0 saturated carbocycles. The summed E-state index contributed by atoms with van der Waals surface area (Å²) < 4.78 is 5.36. The van der Waals surface area contributed by atoms with Crippen LogP contribution in [0.25, 0.3) is 11.3 Å². The van der Waals surface area contributed by atoms with E-state index in [9.17, 15) is 0 Å². The van der Waals surface area contributed by atoms with Crippen LogP contribution in [0.2, 0.25) is 0 Å². The van der Waals surface area contributed by atoms with Crippen LogP contribution in [0.3, 0.4) is 0 Å². The molecule has 0 saturated heterocycles. The van der Waals surface area contributed by atoms with E-state index in [4.69, 9.17) is 16.3 Å². The molecule has 0 aliphatic heterocycles. The molecule has 0 fully saturated rings. The Kier molecular flexibility index (Phi) is 4.02. The Balaban J connectivity index is 2.40. The number of hydrogen-bond donors (Lipinski definition) is 0. The van der Waals surface area contributed by atoms with Gasteiger partial charge >= 0.3 is 0 Å². The van der Waals surface area contributed by atoms with E-state index in [1.54, 1.807) is 18.4 Å². The van der Waals surface area contributed by atoms with Crippen molar-refractivity contribution in [3.05, 3.63) is 34.2 Å². The van der Waals surface area contributed by atoms with Crippen LogP contribution in [-0.2, 0) is 6.42 Å². The van der Waals surface area contributed by atoms with Gasteiger partial charge in [-0.3, -0.25) is 0 Å². The maximum atomic E-state index is 5.72. The Labute approximate surface area is 110 Å². The summed E-state index contributed by atoms with van der Waals surface area (Å²) in [6.45, 7) is 2.06. The van der Waals surface area contributed by atoms with Gasteiger partial charge in [0, 0.05) is 23.2 Å². The lowest BCUT2D eigenvalue weighted by atomic mass is 10.1. The highest BCUT2D eigenvalue weighted by Crippen LogP contribution is 2.31. The van der Waals surface area contributed by atoms with E-state index < -0.39 is 0 Å². The minimum Gasteiger partial charge on any atom is -0.496 e. The Bertz CT molecular complexity index is 510. The van der Waals surface area contributed by atoms with Crippen LogP contribution in [0.5, 0.6) is 5.75 Å². The zero-order chi connectivity index (χ0) is 12.3. The van der Waals surface area contributed by atoms with Gasteiger partial charge in [-0.2, -0.15) is 0 Å². The van der Waals surface area contributed by atoms with Crippen molar-refractivity contribution < 1.29 is 4.74 Å². The molecule has 1 aromatic heterocycles. The maximum Gasteiger partial charge on any atom is 0.128 e. The van der Waals surface area contributed by atoms with Crippen LogP contribution in [0.15, 0.2) is 23.6 Å². The molecule has 0 aliphatic rings. The molecule has 17 heavy (non-hydrogen) atoms. The summed E-state index contributed by atoms with van der Waals surface area (Å²) in [6, 6.07) is 6.11. The highest BCUT2D eigenvalue weighted by Gasteiger charge is 2.09. The number of nitrogens with zero attached hydrogens (tertiary/aromatic N) is 1. The van der Waals surface area contributed by atoms with Gasteiger partial charge in [-0.05, 0) is 19.1 Å². The van der Waals surface area contributed by atoms with Crippen molar-refractivity contribution in [3.63, 3.8) is 0 Å². The average molecular weight is 268 g/mol. The SMILES string of the molecule is COc1ccc(C)cc1-c1csc(CCCl)n1. The molecule has 1 heterocycles. The minimum atomic E-state index is 0.609. The molecule has 2 aromatic rings. The summed E-state index contributed by atoms with van der Waals surface area (Å²) in [5, 5.41) is 3.12. The van der Waals surface area contributed by atoms with E-state index in [1.165, 1.54) is 5.56 Å². The number of aromatic nitrogens is 1. The number of ether oxygens (including phenoxy) is 1. The van der Waals surface area contributed by atoms with Crippen molar-refractivity contribution in [2.45, 2.75) is 13.3 Å². The molecule has 2 rings (SSSR count). The predicted octanol–water partition coefficient (Wildman–Crippen LogP) is 3.91. The second-order valence-electron chi connectivity index (χ2n) is 3.77. The lowest BCUT2D eigenvalue weighted by Gasteiger charge is -2.06. The van der Waals surface area contributed by atoms with Crippen LogP contribution in [0, 0.1) is 6.92 Å². The first kappa shape index (κ1) is 12.4. The van der Waals surface area contributed by atoms with Crippen LogP contribution in [-0.4, -0.2) is 18.0 Å². The molecule has 0 amide bonds. The first-order valence-electron chi connectivity index (χ1n) is 5.40. The van der Waals surface area contributed by atoms with Crippen molar-refractivity contribution in [2.75, 3.05) is 13.0 Å². The quantitative estimate of drug-likeness (QED) is 0.784. The smallest absolute Gasteiger partial charge is 0.128 e. The number of hydrogen-bond acceptors (Lipinski definition) is 3. The minimum absolute atomic E-state index is 0.609. The fourth-order valence-corrected chi connectivity index (χ4v) is 2.74. The normalized spacial score (nSPS) is 10.5. The number of rotatable bonds is 4. The first-order valence-corrected chi connectivity index (χ1v) is 6.81. The fraction of sp³-hybridized carbons (Fsp3) is 0.308. The Morgan fingerprint density at radius 1 is 1.41 bits per heavy atom. The molecule has 0 spiro atoms. The highest BCUT2D eigenvalue weighted by atomic mass is 35.5. The number of benzene rings is 1. The second kappa shape index (κ2) is 5.52. The van der Waals surface area contributed by atoms with Gasteiger partial charge in [0.1, 0.15) is 5.75 Å². The van der Waals surface area contributed by atoms with E-state index in [1.807, 2.05) is 12.1 Å². The van der Waals surface area contributed by atoms with Gasteiger partial charge < -0.3 is 4.74 Å². The van der Waals surface area contributed by atoms with E-state index in [2.05, 4.69) is 23.4 Å². The number of aryl methyl sites for hydroxylation is 2. The number of halogens is 1. The monoisotopic (exact) mass is 267 g/mol. The maximum absolute atomic E-state index is 5.72. The molecule has 4 heteroatoms. The Morgan fingerprint density at radius 2 is 2.24 bits per heavy atom. The third-order valence-electron chi connectivity index (χ3n) is 2.49. The van der Waals surface area contributed by atoms with Crippen molar-refractivity contribution in [1.29, 1.82) is 0 Å². The largest absolute Gasteiger partial charge is 0.496 e. The molecular weight excluding hydrogens is 254 g/mol. The molecule has 90 valence electrons. The van der Waals surface area contributed by atoms with E-state index in [0.717, 1.165) is 28.4 Å². The van der Waals surface area contributed by atoms with Gasteiger partial charge in [0.15, 0.2) is 0 Å². The molecular formula is C13H14ClNOS. The Hall–Kier alpha value is -1.06. The van der Waals surface area contributed by atoms with Crippen molar-refractivity contribution in [3.8, 4) is 17.0 Å². The summed E-state index contributed by atoms with van der Waals surface area (Å²) in [5.74, 6) is 1.47. The van der Waals surface area contributed by atoms with E-state index in [0.29, 0.717) is 5.88 Å². The standard InChI is InChI=1S/C13H14ClNOS/c1-9-3-4-12(16-2)10(7-9)11-8-17-13(15-11)5-6-14/h3-4,7-8H,5-6H2,1-2H3. The summed E-state index contributed by atoms with van der Waals surface area (Å²) >= 11 is 7.36. The second-order valence-corrected chi connectivity index (χ2v) is 5.09. The van der Waals surface area contributed by atoms with Crippen molar-refractivity contribution in [1.82, 2.24) is 4.98 Å². The molecule has 0 N–H and O–H groups in total. The molecule has 0 bridgehead atoms. The highest BCUT2D eigenvalue weighted by molar-refractivity contribution is 7.10. The van der Waals surface area contributed by atoms with Gasteiger partial charge in [0.25, 0.3) is 0 Å². The summed E-state index contributed by atoms with van der Waals surface area (Å²) in [6.07, 6.45) is 0.820. The third-order valence-corrected chi connectivity index (χ3v) is 3.59. The molecule has 0 unspecified atom stereocenters. The molecule has 2 nitrogen and oxygen atoms in total. The summed E-state index contributed by atoms with van der Waals surface area (Å²) in [7, 11) is 1.68. The fourth-order valence-electron chi connectivity index (χ4n) is 1.65. The van der Waals surface area contributed by atoms with Gasteiger partial charge in [-0.25, -0.2) is 4.98 Å². The molecule has 0 radical (unpaired) electrons. The van der Waals surface area contributed by atoms with Crippen LogP contribution < -0.4 is 4.74 Å². The number of alkyl halides is 1. The topological polar surface area (TPSA) is 22.1 Å². The van der Waals surface area contributed by atoms with Gasteiger partial charge in [-0.15, -0.1) is 22.9 Å².